The maximum Gasteiger partial charge on any atom is 0.134 e. The zero-order chi connectivity index (χ0) is 9.60. The summed E-state index contributed by atoms with van der Waals surface area (Å²) in [6.07, 6.45) is 4.82. The molecule has 0 unspecified atom stereocenters. The predicted molar refractivity (Wildman–Crippen MR) is 57.3 cm³/mol. The zero-order valence-corrected chi connectivity index (χ0v) is 8.25. The SMILES string of the molecule is C=C1c2ccccc2OC12CCCC2. The Balaban J connectivity index is 2.09. The van der Waals surface area contributed by atoms with Gasteiger partial charge in [-0.3, -0.25) is 0 Å². The van der Waals surface area contributed by atoms with Gasteiger partial charge in [-0.25, -0.2) is 0 Å². The Labute approximate surface area is 84.4 Å². The molecule has 1 aliphatic heterocycles. The van der Waals surface area contributed by atoms with Crippen LogP contribution in [-0.2, 0) is 0 Å². The molecular weight excluding hydrogens is 172 g/mol. The van der Waals surface area contributed by atoms with E-state index in [0.717, 1.165) is 18.6 Å². The van der Waals surface area contributed by atoms with Crippen molar-refractivity contribution in [2.24, 2.45) is 0 Å². The molecule has 1 saturated carbocycles. The van der Waals surface area contributed by atoms with Crippen LogP contribution < -0.4 is 4.74 Å². The number of benzene rings is 1. The summed E-state index contributed by atoms with van der Waals surface area (Å²) in [7, 11) is 0. The van der Waals surface area contributed by atoms with E-state index in [0.29, 0.717) is 0 Å². The maximum absolute atomic E-state index is 6.07. The van der Waals surface area contributed by atoms with Gasteiger partial charge in [-0.05, 0) is 37.3 Å². The van der Waals surface area contributed by atoms with Crippen LogP contribution in [0.25, 0.3) is 5.57 Å². The summed E-state index contributed by atoms with van der Waals surface area (Å²) in [4.78, 5) is 0. The molecule has 0 bridgehead atoms. The Kier molecular flexibility index (Phi) is 1.52. The van der Waals surface area contributed by atoms with Crippen LogP contribution in [0.4, 0.5) is 0 Å². The molecule has 1 fully saturated rings. The number of ether oxygens (including phenoxy) is 1. The first-order chi connectivity index (χ1) is 6.82. The molecule has 1 aromatic carbocycles. The summed E-state index contributed by atoms with van der Waals surface area (Å²) in [5.74, 6) is 1.03. The molecule has 1 aliphatic carbocycles. The molecule has 0 atom stereocenters. The minimum absolute atomic E-state index is 0.0380. The van der Waals surface area contributed by atoms with Crippen LogP contribution in [0, 0.1) is 0 Å². The number of hydrogen-bond acceptors (Lipinski definition) is 1. The summed E-state index contributed by atoms with van der Waals surface area (Å²) < 4.78 is 6.07. The maximum atomic E-state index is 6.07. The van der Waals surface area contributed by atoms with Crippen molar-refractivity contribution < 1.29 is 4.74 Å². The molecule has 2 aliphatic rings. The van der Waals surface area contributed by atoms with Gasteiger partial charge in [-0.15, -0.1) is 0 Å². The topological polar surface area (TPSA) is 9.23 Å². The molecule has 0 radical (unpaired) electrons. The Morgan fingerprint density at radius 1 is 1.14 bits per heavy atom. The molecule has 0 amide bonds. The molecule has 1 heteroatoms. The standard InChI is InChI=1S/C13H14O/c1-10-11-6-2-3-7-12(11)14-13(10)8-4-5-9-13/h2-3,6-7H,1,4-5,8-9H2. The number of hydrogen-bond donors (Lipinski definition) is 0. The molecule has 1 heterocycles. The van der Waals surface area contributed by atoms with E-state index in [4.69, 9.17) is 4.74 Å². The van der Waals surface area contributed by atoms with E-state index in [1.165, 1.54) is 24.0 Å². The zero-order valence-electron chi connectivity index (χ0n) is 8.25. The Morgan fingerprint density at radius 3 is 2.57 bits per heavy atom. The Hall–Kier alpha value is -1.24. The van der Waals surface area contributed by atoms with Crippen molar-refractivity contribution in [1.82, 2.24) is 0 Å². The molecule has 0 aromatic heterocycles. The summed E-state index contributed by atoms with van der Waals surface area (Å²) in [5, 5.41) is 0. The van der Waals surface area contributed by atoms with E-state index in [2.05, 4.69) is 18.7 Å². The van der Waals surface area contributed by atoms with Crippen LogP contribution in [0.3, 0.4) is 0 Å². The van der Waals surface area contributed by atoms with Crippen molar-refractivity contribution in [1.29, 1.82) is 0 Å². The highest BCUT2D eigenvalue weighted by Crippen LogP contribution is 2.50. The molecule has 3 rings (SSSR count). The highest BCUT2D eigenvalue weighted by molar-refractivity contribution is 5.79. The predicted octanol–water partition coefficient (Wildman–Crippen LogP) is 3.41. The minimum atomic E-state index is -0.0380. The second-order valence-corrected chi connectivity index (χ2v) is 4.28. The lowest BCUT2D eigenvalue weighted by molar-refractivity contribution is 0.155. The molecule has 0 saturated heterocycles. The van der Waals surface area contributed by atoms with Crippen LogP contribution >= 0.6 is 0 Å². The third-order valence-corrected chi connectivity index (χ3v) is 3.48. The van der Waals surface area contributed by atoms with E-state index in [9.17, 15) is 0 Å². The van der Waals surface area contributed by atoms with Gasteiger partial charge in [0.15, 0.2) is 0 Å². The quantitative estimate of drug-likeness (QED) is 0.603. The van der Waals surface area contributed by atoms with E-state index >= 15 is 0 Å². The van der Waals surface area contributed by atoms with E-state index in [1.54, 1.807) is 0 Å². The summed E-state index contributed by atoms with van der Waals surface area (Å²) in [6, 6.07) is 8.25. The molecule has 14 heavy (non-hydrogen) atoms. The lowest BCUT2D eigenvalue weighted by Crippen LogP contribution is -2.28. The van der Waals surface area contributed by atoms with E-state index in [-0.39, 0.29) is 5.60 Å². The third-order valence-electron chi connectivity index (χ3n) is 3.48. The fraction of sp³-hybridized carbons (Fsp3) is 0.385. The minimum Gasteiger partial charge on any atom is -0.482 e. The third kappa shape index (κ3) is 0.899. The first kappa shape index (κ1) is 8.10. The van der Waals surface area contributed by atoms with Gasteiger partial charge in [0, 0.05) is 5.56 Å². The Morgan fingerprint density at radius 2 is 1.86 bits per heavy atom. The highest BCUT2D eigenvalue weighted by Gasteiger charge is 2.44. The van der Waals surface area contributed by atoms with Crippen molar-refractivity contribution in [3.05, 3.63) is 36.4 Å². The van der Waals surface area contributed by atoms with Gasteiger partial charge < -0.3 is 4.74 Å². The van der Waals surface area contributed by atoms with E-state index in [1.807, 2.05) is 12.1 Å². The van der Waals surface area contributed by atoms with Crippen molar-refractivity contribution in [2.45, 2.75) is 31.3 Å². The van der Waals surface area contributed by atoms with Gasteiger partial charge in [-0.1, -0.05) is 24.8 Å². The van der Waals surface area contributed by atoms with Crippen molar-refractivity contribution in [3.63, 3.8) is 0 Å². The van der Waals surface area contributed by atoms with Gasteiger partial charge in [0.05, 0.1) is 0 Å². The summed E-state index contributed by atoms with van der Waals surface area (Å²) in [6.45, 7) is 4.21. The molecule has 1 spiro atoms. The van der Waals surface area contributed by atoms with Gasteiger partial charge >= 0.3 is 0 Å². The Bertz CT molecular complexity index is 386. The van der Waals surface area contributed by atoms with Gasteiger partial charge in [0.1, 0.15) is 11.4 Å². The largest absolute Gasteiger partial charge is 0.482 e. The van der Waals surface area contributed by atoms with Crippen LogP contribution in [-0.4, -0.2) is 5.60 Å². The average Bonchev–Trinajstić information content (AvgIpc) is 2.77. The van der Waals surface area contributed by atoms with Gasteiger partial charge in [0.2, 0.25) is 0 Å². The number of rotatable bonds is 0. The van der Waals surface area contributed by atoms with Gasteiger partial charge in [-0.2, -0.15) is 0 Å². The molecule has 72 valence electrons. The lowest BCUT2D eigenvalue weighted by Gasteiger charge is -2.24. The fourth-order valence-corrected chi connectivity index (χ4v) is 2.67. The molecule has 1 nitrogen and oxygen atoms in total. The fourth-order valence-electron chi connectivity index (χ4n) is 2.67. The summed E-state index contributed by atoms with van der Waals surface area (Å²) in [5.41, 5.74) is 2.38. The van der Waals surface area contributed by atoms with Crippen molar-refractivity contribution in [3.8, 4) is 5.75 Å². The lowest BCUT2D eigenvalue weighted by atomic mass is 9.90. The normalized spacial score (nSPS) is 22.4. The molecular formula is C13H14O. The van der Waals surface area contributed by atoms with E-state index < -0.39 is 0 Å². The van der Waals surface area contributed by atoms with Crippen LogP contribution in [0.2, 0.25) is 0 Å². The van der Waals surface area contributed by atoms with Gasteiger partial charge in [0.25, 0.3) is 0 Å². The number of fused-ring (bicyclic) bond motifs is 1. The van der Waals surface area contributed by atoms with Crippen LogP contribution in [0.15, 0.2) is 30.8 Å². The summed E-state index contributed by atoms with van der Waals surface area (Å²) >= 11 is 0. The van der Waals surface area contributed by atoms with Crippen molar-refractivity contribution >= 4 is 5.57 Å². The first-order valence-corrected chi connectivity index (χ1v) is 5.30. The second-order valence-electron chi connectivity index (χ2n) is 4.28. The molecule has 1 aromatic rings. The smallest absolute Gasteiger partial charge is 0.134 e. The molecule has 0 N–H and O–H groups in total. The highest BCUT2D eigenvalue weighted by atomic mass is 16.5. The van der Waals surface area contributed by atoms with Crippen molar-refractivity contribution in [2.75, 3.05) is 0 Å². The van der Waals surface area contributed by atoms with Crippen LogP contribution in [0.5, 0.6) is 5.75 Å². The number of para-hydroxylation sites is 1. The average molecular weight is 186 g/mol. The monoisotopic (exact) mass is 186 g/mol. The second kappa shape index (κ2) is 2.63. The first-order valence-electron chi connectivity index (χ1n) is 5.30. The van der Waals surface area contributed by atoms with Crippen LogP contribution in [0.1, 0.15) is 31.2 Å².